The van der Waals surface area contributed by atoms with Gasteiger partial charge in [0.05, 0.1) is 7.11 Å². The number of amides is 1. The van der Waals surface area contributed by atoms with E-state index in [1.807, 2.05) is 30.3 Å². The van der Waals surface area contributed by atoms with Gasteiger partial charge in [-0.2, -0.15) is 5.26 Å². The third-order valence-corrected chi connectivity index (χ3v) is 3.68. The molecule has 7 heteroatoms. The predicted molar refractivity (Wildman–Crippen MR) is 97.5 cm³/mol. The number of carboxylic acids is 1. The molecule has 0 unspecified atom stereocenters. The monoisotopic (exact) mass is 359 g/mol. The first-order chi connectivity index (χ1) is 12.6. The zero-order valence-electron chi connectivity index (χ0n) is 15.0. The van der Waals surface area contributed by atoms with Gasteiger partial charge in [0.15, 0.2) is 0 Å². The Hall–Kier alpha value is -3.01. The van der Waals surface area contributed by atoms with Crippen LogP contribution in [-0.2, 0) is 16.0 Å². The standard InChI is InChI=1S/C19H25N3O4/c1-26-17-8-6-15(7-9-17)10-12-22-19(25)16(13-20)14-21-11-4-2-3-5-18(23)24/h6-9,14,21H,2-5,10-12H2,1H3,(H,22,25)(H,23,24)/b16-14-. The molecule has 7 nitrogen and oxygen atoms in total. The van der Waals surface area contributed by atoms with Crippen LogP contribution in [0.25, 0.3) is 0 Å². The fourth-order valence-corrected chi connectivity index (χ4v) is 2.21. The maximum Gasteiger partial charge on any atom is 0.303 e. The predicted octanol–water partition coefficient (Wildman–Crippen LogP) is 2.00. The van der Waals surface area contributed by atoms with Crippen molar-refractivity contribution in [2.75, 3.05) is 20.2 Å². The summed E-state index contributed by atoms with van der Waals surface area (Å²) in [6.07, 6.45) is 4.41. The van der Waals surface area contributed by atoms with Crippen molar-refractivity contribution in [3.8, 4) is 11.8 Å². The largest absolute Gasteiger partial charge is 0.497 e. The number of nitrogens with zero attached hydrogens (tertiary/aromatic N) is 1. The van der Waals surface area contributed by atoms with Gasteiger partial charge in [-0.05, 0) is 37.0 Å². The van der Waals surface area contributed by atoms with Gasteiger partial charge in [-0.15, -0.1) is 0 Å². The van der Waals surface area contributed by atoms with Crippen molar-refractivity contribution in [2.45, 2.75) is 32.1 Å². The molecule has 0 aliphatic heterocycles. The molecular weight excluding hydrogens is 334 g/mol. The molecule has 0 bridgehead atoms. The summed E-state index contributed by atoms with van der Waals surface area (Å²) in [6.45, 7) is 1.02. The molecule has 26 heavy (non-hydrogen) atoms. The molecule has 0 atom stereocenters. The number of rotatable bonds is 12. The van der Waals surface area contributed by atoms with Crippen molar-refractivity contribution >= 4 is 11.9 Å². The quantitative estimate of drug-likeness (QED) is 0.299. The molecule has 0 heterocycles. The van der Waals surface area contributed by atoms with Gasteiger partial charge in [0.2, 0.25) is 0 Å². The van der Waals surface area contributed by atoms with E-state index < -0.39 is 11.9 Å². The van der Waals surface area contributed by atoms with Gasteiger partial charge in [-0.25, -0.2) is 0 Å². The minimum atomic E-state index is -0.795. The van der Waals surface area contributed by atoms with Gasteiger partial charge < -0.3 is 20.5 Å². The molecule has 0 spiro atoms. The van der Waals surface area contributed by atoms with Gasteiger partial charge in [0, 0.05) is 25.7 Å². The Labute approximate surface area is 153 Å². The number of carbonyl (C=O) groups is 2. The number of ether oxygens (including phenoxy) is 1. The summed E-state index contributed by atoms with van der Waals surface area (Å²) in [5.41, 5.74) is 1.08. The van der Waals surface area contributed by atoms with Gasteiger partial charge in [0.1, 0.15) is 17.4 Å². The number of nitrogens with one attached hydrogen (secondary N) is 2. The lowest BCUT2D eigenvalue weighted by atomic mass is 10.1. The van der Waals surface area contributed by atoms with Crippen molar-refractivity contribution < 1.29 is 19.4 Å². The third kappa shape index (κ3) is 8.73. The first kappa shape index (κ1) is 21.0. The molecule has 0 aromatic heterocycles. The molecule has 0 aliphatic rings. The average Bonchev–Trinajstić information content (AvgIpc) is 2.64. The minimum Gasteiger partial charge on any atom is -0.497 e. The van der Waals surface area contributed by atoms with E-state index >= 15 is 0 Å². The van der Waals surface area contributed by atoms with E-state index in [1.165, 1.54) is 6.20 Å². The van der Waals surface area contributed by atoms with Crippen LogP contribution < -0.4 is 15.4 Å². The summed E-state index contributed by atoms with van der Waals surface area (Å²) in [7, 11) is 1.61. The Bertz CT molecular complexity index is 648. The van der Waals surface area contributed by atoms with Crippen LogP contribution in [-0.4, -0.2) is 37.2 Å². The Kier molecular flexibility index (Phi) is 10.0. The minimum absolute atomic E-state index is 0.0188. The van der Waals surface area contributed by atoms with Gasteiger partial charge in [-0.1, -0.05) is 18.6 Å². The lowest BCUT2D eigenvalue weighted by Crippen LogP contribution is -2.27. The van der Waals surface area contributed by atoms with Crippen LogP contribution in [0.4, 0.5) is 0 Å². The van der Waals surface area contributed by atoms with Crippen LogP contribution in [0.5, 0.6) is 5.75 Å². The van der Waals surface area contributed by atoms with Crippen molar-refractivity contribution in [1.82, 2.24) is 10.6 Å². The smallest absolute Gasteiger partial charge is 0.303 e. The Morgan fingerprint density at radius 1 is 1.19 bits per heavy atom. The van der Waals surface area contributed by atoms with Crippen LogP contribution in [0, 0.1) is 11.3 Å². The summed E-state index contributed by atoms with van der Waals surface area (Å²) in [5.74, 6) is -0.433. The second kappa shape index (κ2) is 12.4. The molecular formula is C19H25N3O4. The topological polar surface area (TPSA) is 111 Å². The first-order valence-electron chi connectivity index (χ1n) is 8.53. The Morgan fingerprint density at radius 3 is 2.54 bits per heavy atom. The number of nitriles is 1. The summed E-state index contributed by atoms with van der Waals surface area (Å²) < 4.78 is 5.09. The maximum atomic E-state index is 12.0. The van der Waals surface area contributed by atoms with E-state index in [1.54, 1.807) is 7.11 Å². The van der Waals surface area contributed by atoms with Gasteiger partial charge in [0.25, 0.3) is 5.91 Å². The second-order valence-corrected chi connectivity index (χ2v) is 5.68. The highest BCUT2D eigenvalue weighted by Crippen LogP contribution is 2.11. The van der Waals surface area contributed by atoms with E-state index in [0.29, 0.717) is 25.9 Å². The first-order valence-corrected chi connectivity index (χ1v) is 8.53. The average molecular weight is 359 g/mol. The molecule has 1 amide bonds. The number of benzene rings is 1. The van der Waals surface area contributed by atoms with E-state index in [0.717, 1.165) is 24.2 Å². The van der Waals surface area contributed by atoms with E-state index in [-0.39, 0.29) is 12.0 Å². The fraction of sp³-hybridized carbons (Fsp3) is 0.421. The zero-order valence-corrected chi connectivity index (χ0v) is 15.0. The van der Waals surface area contributed by atoms with Crippen molar-refractivity contribution in [2.24, 2.45) is 0 Å². The van der Waals surface area contributed by atoms with Crippen LogP contribution >= 0.6 is 0 Å². The van der Waals surface area contributed by atoms with E-state index in [2.05, 4.69) is 10.6 Å². The Balaban J connectivity index is 2.27. The lowest BCUT2D eigenvalue weighted by molar-refractivity contribution is -0.137. The highest BCUT2D eigenvalue weighted by molar-refractivity contribution is 5.97. The number of carbonyl (C=O) groups excluding carboxylic acids is 1. The molecule has 0 saturated heterocycles. The second-order valence-electron chi connectivity index (χ2n) is 5.68. The highest BCUT2D eigenvalue weighted by Gasteiger charge is 2.07. The SMILES string of the molecule is COc1ccc(CCNC(=O)/C(C#N)=C\NCCCCCC(=O)O)cc1. The van der Waals surface area contributed by atoms with Gasteiger partial charge >= 0.3 is 5.97 Å². The molecule has 0 radical (unpaired) electrons. The van der Waals surface area contributed by atoms with Gasteiger partial charge in [-0.3, -0.25) is 9.59 Å². The van der Waals surface area contributed by atoms with Crippen molar-refractivity contribution in [1.29, 1.82) is 5.26 Å². The van der Waals surface area contributed by atoms with Crippen LogP contribution in [0.15, 0.2) is 36.0 Å². The normalized spacial score (nSPS) is 10.7. The highest BCUT2D eigenvalue weighted by atomic mass is 16.5. The van der Waals surface area contributed by atoms with Crippen LogP contribution in [0.1, 0.15) is 31.2 Å². The summed E-state index contributed by atoms with van der Waals surface area (Å²) in [4.78, 5) is 22.4. The molecule has 3 N–H and O–H groups in total. The molecule has 140 valence electrons. The van der Waals surface area contributed by atoms with E-state index in [4.69, 9.17) is 15.1 Å². The summed E-state index contributed by atoms with van der Waals surface area (Å²) >= 11 is 0. The van der Waals surface area contributed by atoms with Crippen molar-refractivity contribution in [3.05, 3.63) is 41.6 Å². The molecule has 1 aromatic rings. The number of aliphatic carboxylic acids is 1. The van der Waals surface area contributed by atoms with Crippen LogP contribution in [0.2, 0.25) is 0 Å². The number of hydrogen-bond donors (Lipinski definition) is 3. The summed E-state index contributed by atoms with van der Waals surface area (Å²) in [6, 6.07) is 9.45. The third-order valence-electron chi connectivity index (χ3n) is 3.68. The lowest BCUT2D eigenvalue weighted by Gasteiger charge is -2.06. The number of methoxy groups -OCH3 is 1. The molecule has 1 rings (SSSR count). The molecule has 1 aromatic carbocycles. The van der Waals surface area contributed by atoms with Crippen LogP contribution in [0.3, 0.4) is 0 Å². The zero-order chi connectivity index (χ0) is 19.2. The molecule has 0 aliphatic carbocycles. The number of carboxylic acid groups (broad SMARTS) is 1. The maximum absolute atomic E-state index is 12.0. The van der Waals surface area contributed by atoms with E-state index in [9.17, 15) is 9.59 Å². The summed E-state index contributed by atoms with van der Waals surface area (Å²) in [5, 5.41) is 23.2. The van der Waals surface area contributed by atoms with Crippen molar-refractivity contribution in [3.63, 3.8) is 0 Å². The number of unbranched alkanes of at least 4 members (excludes halogenated alkanes) is 2. The number of hydrogen-bond acceptors (Lipinski definition) is 5. The fourth-order valence-electron chi connectivity index (χ4n) is 2.21. The Morgan fingerprint density at radius 2 is 1.92 bits per heavy atom. The molecule has 0 saturated carbocycles. The molecule has 0 fully saturated rings.